The second-order valence-electron chi connectivity index (χ2n) is 8.21. The van der Waals surface area contributed by atoms with E-state index in [2.05, 4.69) is 0 Å². The topological polar surface area (TPSA) is 88.5 Å². The Kier molecular flexibility index (Phi) is 8.17. The first-order chi connectivity index (χ1) is 16.3. The van der Waals surface area contributed by atoms with Crippen molar-refractivity contribution in [1.82, 2.24) is 9.80 Å². The molecule has 0 aromatic heterocycles. The van der Waals surface area contributed by atoms with Crippen LogP contribution in [-0.4, -0.2) is 74.6 Å². The van der Waals surface area contributed by atoms with Crippen molar-refractivity contribution in [3.8, 4) is 17.2 Å². The van der Waals surface area contributed by atoms with Crippen LogP contribution in [0.1, 0.15) is 30.5 Å². The van der Waals surface area contributed by atoms with Crippen LogP contribution in [0.2, 0.25) is 0 Å². The highest BCUT2D eigenvalue weighted by Crippen LogP contribution is 2.44. The molecular weight excluding hydrogens is 436 g/mol. The zero-order chi connectivity index (χ0) is 24.8. The highest BCUT2D eigenvalue weighted by Gasteiger charge is 2.47. The summed E-state index contributed by atoms with van der Waals surface area (Å²) in [6.07, 6.45) is 0.659. The first-order valence-corrected chi connectivity index (χ1v) is 11.2. The van der Waals surface area contributed by atoms with Crippen LogP contribution in [0.4, 0.5) is 0 Å². The summed E-state index contributed by atoms with van der Waals surface area (Å²) in [6, 6.07) is 11.1. The standard InChI is InChI=1S/C26H32N2O6/c1-6-34-18-10-8-17(9-11-18)24(29)22-23(20-16-19(32-4)12-13-21(20)33-5)28(26(31)25(22)30)15-7-14-27(2)3/h8-13,16,23,29H,6-7,14-15H2,1-5H3/b24-22+/t23-/m1/s1. The van der Waals surface area contributed by atoms with Gasteiger partial charge in [0.05, 0.1) is 32.4 Å². The lowest BCUT2D eigenvalue weighted by molar-refractivity contribution is -0.140. The number of aliphatic hydroxyl groups excluding tert-OH is 1. The van der Waals surface area contributed by atoms with Crippen molar-refractivity contribution in [3.63, 3.8) is 0 Å². The molecular formula is C26H32N2O6. The zero-order valence-electron chi connectivity index (χ0n) is 20.3. The Labute approximate surface area is 200 Å². The molecule has 1 aliphatic rings. The van der Waals surface area contributed by atoms with Crippen LogP contribution in [-0.2, 0) is 9.59 Å². The van der Waals surface area contributed by atoms with Crippen LogP contribution >= 0.6 is 0 Å². The maximum absolute atomic E-state index is 13.2. The molecule has 0 bridgehead atoms. The number of ketones is 1. The summed E-state index contributed by atoms with van der Waals surface area (Å²) < 4.78 is 16.4. The second-order valence-corrected chi connectivity index (χ2v) is 8.21. The SMILES string of the molecule is CCOc1ccc(/C(O)=C2\C(=O)C(=O)N(CCCN(C)C)[C@@H]2c2cc(OC)ccc2OC)cc1. The maximum Gasteiger partial charge on any atom is 0.295 e. The number of aliphatic hydroxyl groups is 1. The Hall–Kier alpha value is -3.52. The highest BCUT2D eigenvalue weighted by atomic mass is 16.5. The van der Waals surface area contributed by atoms with Gasteiger partial charge in [0.1, 0.15) is 23.0 Å². The number of carbonyl (C=O) groups is 2. The minimum Gasteiger partial charge on any atom is -0.507 e. The third-order valence-electron chi connectivity index (χ3n) is 5.71. The summed E-state index contributed by atoms with van der Waals surface area (Å²) in [7, 11) is 6.96. The summed E-state index contributed by atoms with van der Waals surface area (Å²) in [5, 5.41) is 11.2. The monoisotopic (exact) mass is 468 g/mol. The molecule has 3 rings (SSSR count). The fourth-order valence-electron chi connectivity index (χ4n) is 4.08. The number of Topliss-reactive ketones (excluding diaryl/α,β-unsaturated/α-hetero) is 1. The fraction of sp³-hybridized carbons (Fsp3) is 0.385. The number of benzene rings is 2. The van der Waals surface area contributed by atoms with Gasteiger partial charge in [-0.25, -0.2) is 0 Å². The van der Waals surface area contributed by atoms with Gasteiger partial charge in [-0.1, -0.05) is 0 Å². The molecule has 1 fully saturated rings. The number of rotatable bonds is 10. The quantitative estimate of drug-likeness (QED) is 0.324. The number of nitrogens with zero attached hydrogens (tertiary/aromatic N) is 2. The minimum atomic E-state index is -0.821. The van der Waals surface area contributed by atoms with E-state index >= 15 is 0 Å². The van der Waals surface area contributed by atoms with Gasteiger partial charge in [0.25, 0.3) is 11.7 Å². The van der Waals surface area contributed by atoms with Crippen molar-refractivity contribution in [3.05, 3.63) is 59.2 Å². The van der Waals surface area contributed by atoms with Crippen LogP contribution in [0.5, 0.6) is 17.2 Å². The molecule has 0 aliphatic carbocycles. The Bertz CT molecular complexity index is 1060. The highest BCUT2D eigenvalue weighted by molar-refractivity contribution is 6.46. The average molecular weight is 469 g/mol. The van der Waals surface area contributed by atoms with E-state index < -0.39 is 17.7 Å². The van der Waals surface area contributed by atoms with Gasteiger partial charge in [-0.05, 0) is 76.4 Å². The lowest BCUT2D eigenvalue weighted by Gasteiger charge is -2.27. The van der Waals surface area contributed by atoms with E-state index in [4.69, 9.17) is 14.2 Å². The Morgan fingerprint density at radius 3 is 2.29 bits per heavy atom. The molecule has 1 aliphatic heterocycles. The van der Waals surface area contributed by atoms with E-state index in [1.165, 1.54) is 12.0 Å². The van der Waals surface area contributed by atoms with Crippen molar-refractivity contribution in [1.29, 1.82) is 0 Å². The molecule has 0 spiro atoms. The molecule has 1 heterocycles. The molecule has 1 amide bonds. The summed E-state index contributed by atoms with van der Waals surface area (Å²) >= 11 is 0. The van der Waals surface area contributed by atoms with Gasteiger partial charge in [0.15, 0.2) is 0 Å². The van der Waals surface area contributed by atoms with Gasteiger partial charge in [0, 0.05) is 17.7 Å². The third-order valence-corrected chi connectivity index (χ3v) is 5.71. The van der Waals surface area contributed by atoms with E-state index in [0.29, 0.717) is 47.9 Å². The first-order valence-electron chi connectivity index (χ1n) is 11.2. The smallest absolute Gasteiger partial charge is 0.295 e. The van der Waals surface area contributed by atoms with Gasteiger partial charge in [-0.2, -0.15) is 0 Å². The van der Waals surface area contributed by atoms with Gasteiger partial charge < -0.3 is 29.1 Å². The van der Waals surface area contributed by atoms with Crippen LogP contribution in [0.15, 0.2) is 48.0 Å². The van der Waals surface area contributed by atoms with Crippen molar-refractivity contribution in [2.45, 2.75) is 19.4 Å². The van der Waals surface area contributed by atoms with Gasteiger partial charge >= 0.3 is 0 Å². The van der Waals surface area contributed by atoms with E-state index in [1.54, 1.807) is 49.6 Å². The summed E-state index contributed by atoms with van der Waals surface area (Å²) in [5.74, 6) is 0.0615. The summed E-state index contributed by atoms with van der Waals surface area (Å²) in [4.78, 5) is 29.9. The number of likely N-dealkylation sites (tertiary alicyclic amines) is 1. The number of amides is 1. The van der Waals surface area contributed by atoms with E-state index in [-0.39, 0.29) is 11.3 Å². The van der Waals surface area contributed by atoms with E-state index in [9.17, 15) is 14.7 Å². The number of carbonyl (C=O) groups excluding carboxylic acids is 2. The Morgan fingerprint density at radius 1 is 1.03 bits per heavy atom. The molecule has 0 unspecified atom stereocenters. The molecule has 1 atom stereocenters. The molecule has 0 saturated carbocycles. The zero-order valence-corrected chi connectivity index (χ0v) is 20.3. The van der Waals surface area contributed by atoms with E-state index in [1.807, 2.05) is 25.9 Å². The molecule has 8 nitrogen and oxygen atoms in total. The van der Waals surface area contributed by atoms with Crippen molar-refractivity contribution >= 4 is 17.4 Å². The third kappa shape index (κ3) is 5.17. The number of ether oxygens (including phenoxy) is 3. The minimum absolute atomic E-state index is 0.0190. The van der Waals surface area contributed by atoms with E-state index in [0.717, 1.165) is 6.54 Å². The fourth-order valence-corrected chi connectivity index (χ4v) is 4.08. The number of hydrogen-bond acceptors (Lipinski definition) is 7. The van der Waals surface area contributed by atoms with Gasteiger partial charge in [-0.3, -0.25) is 9.59 Å². The summed E-state index contributed by atoms with van der Waals surface area (Å²) in [6.45, 7) is 3.48. The van der Waals surface area contributed by atoms with Crippen molar-refractivity contribution in [2.75, 3.05) is 48.0 Å². The molecule has 8 heteroatoms. The molecule has 2 aromatic rings. The Morgan fingerprint density at radius 2 is 1.71 bits per heavy atom. The van der Waals surface area contributed by atoms with Crippen molar-refractivity contribution < 1.29 is 28.9 Å². The van der Waals surface area contributed by atoms with Gasteiger partial charge in [0.2, 0.25) is 0 Å². The molecule has 182 valence electrons. The van der Waals surface area contributed by atoms with Crippen LogP contribution in [0.25, 0.3) is 5.76 Å². The van der Waals surface area contributed by atoms with Crippen molar-refractivity contribution in [2.24, 2.45) is 0 Å². The van der Waals surface area contributed by atoms with Crippen LogP contribution < -0.4 is 14.2 Å². The average Bonchev–Trinajstić information content (AvgIpc) is 3.08. The predicted molar refractivity (Wildman–Crippen MR) is 129 cm³/mol. The predicted octanol–water partition coefficient (Wildman–Crippen LogP) is 3.48. The molecule has 1 saturated heterocycles. The molecule has 34 heavy (non-hydrogen) atoms. The van der Waals surface area contributed by atoms with Crippen LogP contribution in [0, 0.1) is 0 Å². The number of methoxy groups -OCH3 is 2. The maximum atomic E-state index is 13.2. The molecule has 1 N–H and O–H groups in total. The second kappa shape index (κ2) is 11.1. The summed E-state index contributed by atoms with van der Waals surface area (Å²) in [5.41, 5.74) is 1.01. The normalized spacial score (nSPS) is 17.4. The lowest BCUT2D eigenvalue weighted by atomic mass is 9.94. The first kappa shape index (κ1) is 25.1. The van der Waals surface area contributed by atoms with Gasteiger partial charge in [-0.15, -0.1) is 0 Å². The lowest BCUT2D eigenvalue weighted by Crippen LogP contribution is -2.32. The number of hydrogen-bond donors (Lipinski definition) is 1. The molecule has 2 aromatic carbocycles. The Balaban J connectivity index is 2.15. The van der Waals surface area contributed by atoms with Crippen LogP contribution in [0.3, 0.4) is 0 Å². The largest absolute Gasteiger partial charge is 0.507 e. The molecule has 0 radical (unpaired) electrons.